The third-order valence-corrected chi connectivity index (χ3v) is 4.78. The Kier molecular flexibility index (Phi) is 3.10. The van der Waals surface area contributed by atoms with E-state index in [0.29, 0.717) is 17.7 Å². The molecule has 2 aliphatic carbocycles. The van der Waals surface area contributed by atoms with E-state index in [4.69, 9.17) is 0 Å². The minimum atomic E-state index is -0.856. The van der Waals surface area contributed by atoms with E-state index < -0.39 is 5.97 Å². The lowest BCUT2D eigenvalue weighted by Gasteiger charge is -2.42. The van der Waals surface area contributed by atoms with E-state index in [-0.39, 0.29) is 0 Å². The first-order valence-electron chi connectivity index (χ1n) is 7.02. The van der Waals surface area contributed by atoms with Crippen molar-refractivity contribution >= 4 is 5.97 Å². The first-order valence-corrected chi connectivity index (χ1v) is 7.02. The molecule has 2 aliphatic rings. The molecule has 0 amide bonds. The number of nitrogens with zero attached hydrogens (tertiary/aromatic N) is 2. The Hall–Kier alpha value is -1.32. The normalized spacial score (nSPS) is 31.9. The third kappa shape index (κ3) is 1.93. The summed E-state index contributed by atoms with van der Waals surface area (Å²) in [6.45, 7) is 0. The third-order valence-electron chi connectivity index (χ3n) is 4.78. The van der Waals surface area contributed by atoms with Gasteiger partial charge in [0.25, 0.3) is 0 Å². The van der Waals surface area contributed by atoms with Gasteiger partial charge in [0.05, 0.1) is 12.5 Å². The molecular formula is C14H20N2O2. The van der Waals surface area contributed by atoms with Crippen LogP contribution in [0.3, 0.4) is 0 Å². The zero-order chi connectivity index (χ0) is 12.5. The van der Waals surface area contributed by atoms with Crippen molar-refractivity contribution in [3.8, 4) is 0 Å². The number of carbonyl (C=O) groups is 1. The summed E-state index contributed by atoms with van der Waals surface area (Å²) in [5, 5.41) is 9.22. The number of aromatic carboxylic acids is 1. The fraction of sp³-hybridized carbons (Fsp3) is 0.714. The molecule has 0 bridgehead atoms. The summed E-state index contributed by atoms with van der Waals surface area (Å²) in [5.41, 5.74) is 0.353. The van der Waals surface area contributed by atoms with E-state index in [2.05, 4.69) is 4.98 Å². The first-order chi connectivity index (χ1) is 8.77. The summed E-state index contributed by atoms with van der Waals surface area (Å²) in [6, 6.07) is 0.359. The highest BCUT2D eigenvalue weighted by atomic mass is 16.4. The average Bonchev–Trinajstić information content (AvgIpc) is 2.87. The number of carboxylic acid groups (broad SMARTS) is 1. The molecule has 0 aliphatic heterocycles. The van der Waals surface area contributed by atoms with Gasteiger partial charge in [-0.2, -0.15) is 0 Å². The van der Waals surface area contributed by atoms with Crippen LogP contribution in [-0.4, -0.2) is 20.6 Å². The quantitative estimate of drug-likeness (QED) is 0.874. The number of carboxylic acids is 1. The Balaban J connectivity index is 1.89. The van der Waals surface area contributed by atoms with E-state index in [1.165, 1.54) is 44.7 Å². The molecule has 1 aromatic heterocycles. The number of aromatic nitrogens is 2. The van der Waals surface area contributed by atoms with Crippen molar-refractivity contribution in [2.45, 2.75) is 51.0 Å². The molecule has 18 heavy (non-hydrogen) atoms. The molecule has 3 rings (SSSR count). The van der Waals surface area contributed by atoms with Gasteiger partial charge in [0.1, 0.15) is 5.69 Å². The van der Waals surface area contributed by atoms with Gasteiger partial charge in [-0.05, 0) is 24.7 Å². The fourth-order valence-corrected chi connectivity index (χ4v) is 3.98. The summed E-state index contributed by atoms with van der Waals surface area (Å²) in [4.78, 5) is 15.3. The van der Waals surface area contributed by atoms with Gasteiger partial charge >= 0.3 is 5.97 Å². The number of hydrogen-bond donors (Lipinski definition) is 1. The Morgan fingerprint density at radius 2 is 2.00 bits per heavy atom. The Morgan fingerprint density at radius 1 is 1.22 bits per heavy atom. The predicted molar refractivity (Wildman–Crippen MR) is 67.5 cm³/mol. The molecule has 2 saturated carbocycles. The van der Waals surface area contributed by atoms with Crippen molar-refractivity contribution in [3.63, 3.8) is 0 Å². The minimum absolute atomic E-state index is 0.353. The second-order valence-electron chi connectivity index (χ2n) is 5.70. The zero-order valence-corrected chi connectivity index (χ0v) is 10.6. The summed E-state index contributed by atoms with van der Waals surface area (Å²) < 4.78 is 1.92. The maximum absolute atomic E-state index is 11.2. The van der Waals surface area contributed by atoms with Gasteiger partial charge < -0.3 is 9.67 Å². The highest BCUT2D eigenvalue weighted by molar-refractivity contribution is 5.85. The SMILES string of the molecule is O=C(O)c1cncn1[C@@H]1CCCC2CCCC[C@@H]21. The maximum Gasteiger partial charge on any atom is 0.354 e. The van der Waals surface area contributed by atoms with Crippen LogP contribution in [0.15, 0.2) is 12.5 Å². The van der Waals surface area contributed by atoms with E-state index in [0.717, 1.165) is 12.3 Å². The smallest absolute Gasteiger partial charge is 0.354 e. The standard InChI is InChI=1S/C14H20N2O2/c17-14(18)13-8-15-9-16(13)12-7-3-5-10-4-1-2-6-11(10)12/h8-12H,1-7H2,(H,17,18)/t10?,11-,12+/m0/s1. The van der Waals surface area contributed by atoms with Crippen LogP contribution in [0.2, 0.25) is 0 Å². The molecule has 1 heterocycles. The summed E-state index contributed by atoms with van der Waals surface area (Å²) >= 11 is 0. The monoisotopic (exact) mass is 248 g/mol. The van der Waals surface area contributed by atoms with Crippen LogP contribution >= 0.6 is 0 Å². The lowest BCUT2D eigenvalue weighted by molar-refractivity contribution is 0.0658. The molecule has 1 N–H and O–H groups in total. The lowest BCUT2D eigenvalue weighted by Crippen LogP contribution is -2.33. The summed E-state index contributed by atoms with van der Waals surface area (Å²) in [7, 11) is 0. The van der Waals surface area contributed by atoms with Gasteiger partial charge in [0, 0.05) is 6.04 Å². The van der Waals surface area contributed by atoms with Gasteiger partial charge in [-0.1, -0.05) is 32.1 Å². The van der Waals surface area contributed by atoms with Crippen molar-refractivity contribution < 1.29 is 9.90 Å². The zero-order valence-electron chi connectivity index (χ0n) is 10.6. The molecule has 2 fully saturated rings. The van der Waals surface area contributed by atoms with Gasteiger partial charge in [-0.25, -0.2) is 9.78 Å². The highest BCUT2D eigenvalue weighted by Gasteiger charge is 2.36. The molecular weight excluding hydrogens is 228 g/mol. The van der Waals surface area contributed by atoms with Gasteiger partial charge in [-0.15, -0.1) is 0 Å². The number of imidazole rings is 1. The van der Waals surface area contributed by atoms with Crippen LogP contribution < -0.4 is 0 Å². The molecule has 0 spiro atoms. The van der Waals surface area contributed by atoms with Gasteiger partial charge in [-0.3, -0.25) is 0 Å². The van der Waals surface area contributed by atoms with E-state index >= 15 is 0 Å². The van der Waals surface area contributed by atoms with Crippen molar-refractivity contribution in [1.82, 2.24) is 9.55 Å². The molecule has 1 unspecified atom stereocenters. The van der Waals surface area contributed by atoms with Gasteiger partial charge in [0.15, 0.2) is 0 Å². The maximum atomic E-state index is 11.2. The van der Waals surface area contributed by atoms with Crippen molar-refractivity contribution in [2.75, 3.05) is 0 Å². The van der Waals surface area contributed by atoms with Gasteiger partial charge in [0.2, 0.25) is 0 Å². The Morgan fingerprint density at radius 3 is 2.83 bits per heavy atom. The minimum Gasteiger partial charge on any atom is -0.477 e. The Bertz CT molecular complexity index is 439. The highest BCUT2D eigenvalue weighted by Crippen LogP contribution is 2.46. The molecule has 98 valence electrons. The summed E-state index contributed by atoms with van der Waals surface area (Å²) in [5.74, 6) is 0.617. The fourth-order valence-electron chi connectivity index (χ4n) is 3.98. The molecule has 0 saturated heterocycles. The van der Waals surface area contributed by atoms with E-state index in [1.807, 2.05) is 4.57 Å². The van der Waals surface area contributed by atoms with Crippen molar-refractivity contribution in [3.05, 3.63) is 18.2 Å². The average molecular weight is 248 g/mol. The van der Waals surface area contributed by atoms with Crippen LogP contribution in [0.1, 0.15) is 61.5 Å². The van der Waals surface area contributed by atoms with E-state index in [9.17, 15) is 9.90 Å². The van der Waals surface area contributed by atoms with E-state index in [1.54, 1.807) is 6.33 Å². The molecule has 4 nitrogen and oxygen atoms in total. The molecule has 3 atom stereocenters. The second kappa shape index (κ2) is 4.75. The van der Waals surface area contributed by atoms with Crippen LogP contribution in [0.4, 0.5) is 0 Å². The van der Waals surface area contributed by atoms with Crippen LogP contribution in [0.5, 0.6) is 0 Å². The van der Waals surface area contributed by atoms with Crippen LogP contribution in [0.25, 0.3) is 0 Å². The topological polar surface area (TPSA) is 55.1 Å². The lowest BCUT2D eigenvalue weighted by atomic mass is 9.68. The predicted octanol–water partition coefficient (Wildman–Crippen LogP) is 3.11. The molecule has 0 aromatic carbocycles. The Labute approximate surface area is 107 Å². The second-order valence-corrected chi connectivity index (χ2v) is 5.70. The molecule has 0 radical (unpaired) electrons. The molecule has 4 heteroatoms. The molecule has 1 aromatic rings. The number of rotatable bonds is 2. The van der Waals surface area contributed by atoms with Crippen molar-refractivity contribution in [2.24, 2.45) is 11.8 Å². The summed E-state index contributed by atoms with van der Waals surface area (Å²) in [6.07, 6.45) is 12.1. The first kappa shape index (κ1) is 11.8. The number of hydrogen-bond acceptors (Lipinski definition) is 2. The van der Waals surface area contributed by atoms with Crippen molar-refractivity contribution in [1.29, 1.82) is 0 Å². The largest absolute Gasteiger partial charge is 0.477 e. The van der Waals surface area contributed by atoms with Crippen LogP contribution in [-0.2, 0) is 0 Å². The van der Waals surface area contributed by atoms with Crippen LogP contribution in [0, 0.1) is 11.8 Å². The number of fused-ring (bicyclic) bond motifs is 1.